The third kappa shape index (κ3) is 6.19. The maximum Gasteiger partial charge on any atom is 0.254 e. The van der Waals surface area contributed by atoms with Crippen molar-refractivity contribution in [2.75, 3.05) is 0 Å². The van der Waals surface area contributed by atoms with E-state index in [1.54, 1.807) is 0 Å². The highest BCUT2D eigenvalue weighted by Crippen LogP contribution is 2.31. The van der Waals surface area contributed by atoms with E-state index < -0.39 is 0 Å². The predicted molar refractivity (Wildman–Crippen MR) is 136 cm³/mol. The monoisotopic (exact) mass is 447 g/mol. The third-order valence-corrected chi connectivity index (χ3v) is 7.50. The zero-order valence-electron chi connectivity index (χ0n) is 20.8. The van der Waals surface area contributed by atoms with Crippen molar-refractivity contribution in [2.45, 2.75) is 109 Å². The number of rotatable bonds is 6. The van der Waals surface area contributed by atoms with Crippen LogP contribution in [0.2, 0.25) is 0 Å². The van der Waals surface area contributed by atoms with E-state index in [0.717, 1.165) is 16.9 Å². The summed E-state index contributed by atoms with van der Waals surface area (Å²) in [5.41, 5.74) is 3.36. The molecule has 1 amide bonds. The summed E-state index contributed by atoms with van der Waals surface area (Å²) in [7, 11) is 0. The quantitative estimate of drug-likeness (QED) is 0.455. The van der Waals surface area contributed by atoms with Crippen LogP contribution in [0.1, 0.15) is 106 Å². The first-order chi connectivity index (χ1) is 15.9. The Morgan fingerprint density at radius 3 is 1.79 bits per heavy atom. The lowest BCUT2D eigenvalue weighted by Crippen LogP contribution is -2.48. The Morgan fingerprint density at radius 1 is 0.788 bits per heavy atom. The first-order valence-electron chi connectivity index (χ1n) is 13.1. The summed E-state index contributed by atoms with van der Waals surface area (Å²) in [5, 5.41) is 0. The van der Waals surface area contributed by atoms with E-state index in [9.17, 15) is 4.79 Å². The van der Waals surface area contributed by atoms with Gasteiger partial charge in [-0.3, -0.25) is 4.79 Å². The maximum absolute atomic E-state index is 13.6. The Kier molecular flexibility index (Phi) is 7.78. The van der Waals surface area contributed by atoms with Crippen LogP contribution in [0.5, 0.6) is 5.75 Å². The summed E-state index contributed by atoms with van der Waals surface area (Å²) in [5.74, 6) is 1.11. The second-order valence-corrected chi connectivity index (χ2v) is 11.1. The normalized spacial score (nSPS) is 18.2. The summed E-state index contributed by atoms with van der Waals surface area (Å²) in [4.78, 5) is 15.9. The van der Waals surface area contributed by atoms with E-state index in [1.807, 2.05) is 24.3 Å². The largest absolute Gasteiger partial charge is 0.489 e. The van der Waals surface area contributed by atoms with Gasteiger partial charge in [0.05, 0.1) is 0 Å². The van der Waals surface area contributed by atoms with Crippen LogP contribution in [0.25, 0.3) is 0 Å². The van der Waals surface area contributed by atoms with Crippen molar-refractivity contribution in [2.24, 2.45) is 0 Å². The highest BCUT2D eigenvalue weighted by Gasteiger charge is 2.32. The second kappa shape index (κ2) is 10.8. The number of hydrogen-bond donors (Lipinski definition) is 0. The average Bonchev–Trinajstić information content (AvgIpc) is 2.84. The van der Waals surface area contributed by atoms with E-state index in [0.29, 0.717) is 18.7 Å². The van der Waals surface area contributed by atoms with Crippen molar-refractivity contribution in [1.82, 2.24) is 4.90 Å². The van der Waals surface area contributed by atoms with Gasteiger partial charge in [-0.25, -0.2) is 0 Å². The van der Waals surface area contributed by atoms with Crippen LogP contribution in [0.15, 0.2) is 48.5 Å². The van der Waals surface area contributed by atoms with Gasteiger partial charge in [-0.05, 0) is 66.5 Å². The molecular weight excluding hydrogens is 406 g/mol. The number of amides is 1. The lowest BCUT2D eigenvalue weighted by Gasteiger charge is -2.42. The fourth-order valence-corrected chi connectivity index (χ4v) is 5.46. The zero-order valence-corrected chi connectivity index (χ0v) is 20.8. The van der Waals surface area contributed by atoms with Gasteiger partial charge in [0.1, 0.15) is 12.4 Å². The Morgan fingerprint density at radius 2 is 1.30 bits per heavy atom. The molecule has 178 valence electrons. The first-order valence-corrected chi connectivity index (χ1v) is 13.1. The van der Waals surface area contributed by atoms with Crippen LogP contribution in [0, 0.1) is 0 Å². The van der Waals surface area contributed by atoms with Gasteiger partial charge < -0.3 is 9.64 Å². The molecule has 3 heteroatoms. The minimum Gasteiger partial charge on any atom is -0.489 e. The molecular formula is C30H41NO2. The van der Waals surface area contributed by atoms with Gasteiger partial charge in [-0.15, -0.1) is 0 Å². The summed E-state index contributed by atoms with van der Waals surface area (Å²) in [6.45, 7) is 7.17. The number of nitrogens with zero attached hydrogens (tertiary/aromatic N) is 1. The van der Waals surface area contributed by atoms with Crippen molar-refractivity contribution < 1.29 is 9.53 Å². The van der Waals surface area contributed by atoms with E-state index in [4.69, 9.17) is 4.74 Å². The molecule has 33 heavy (non-hydrogen) atoms. The van der Waals surface area contributed by atoms with Gasteiger partial charge in [0, 0.05) is 17.6 Å². The van der Waals surface area contributed by atoms with Crippen molar-refractivity contribution >= 4 is 5.91 Å². The molecule has 0 atom stereocenters. The molecule has 2 aliphatic carbocycles. The minimum atomic E-state index is 0.143. The van der Waals surface area contributed by atoms with Crippen molar-refractivity contribution in [3.05, 3.63) is 65.2 Å². The molecule has 0 heterocycles. The fourth-order valence-electron chi connectivity index (χ4n) is 5.46. The molecule has 0 radical (unpaired) electrons. The van der Waals surface area contributed by atoms with Gasteiger partial charge in [0.2, 0.25) is 0 Å². The molecule has 4 rings (SSSR count). The van der Waals surface area contributed by atoms with Crippen LogP contribution in [0.4, 0.5) is 0 Å². The highest BCUT2D eigenvalue weighted by molar-refractivity contribution is 5.94. The Balaban J connectivity index is 1.40. The third-order valence-electron chi connectivity index (χ3n) is 7.50. The van der Waals surface area contributed by atoms with Crippen molar-refractivity contribution in [3.8, 4) is 5.75 Å². The first kappa shape index (κ1) is 23.9. The molecule has 3 nitrogen and oxygen atoms in total. The smallest absolute Gasteiger partial charge is 0.254 e. The van der Waals surface area contributed by atoms with Crippen LogP contribution in [-0.2, 0) is 12.0 Å². The highest BCUT2D eigenvalue weighted by atomic mass is 16.5. The predicted octanol–water partition coefficient (Wildman–Crippen LogP) is 7.67. The molecule has 0 N–H and O–H groups in total. The molecule has 2 saturated carbocycles. The second-order valence-electron chi connectivity index (χ2n) is 11.1. The molecule has 2 aromatic carbocycles. The standard InChI is InChI=1S/C30H41NO2/c1-30(2,3)25-18-20-28(21-19-25)33-22-23-14-16-24(17-15-23)29(32)31(26-10-6-4-7-11-26)27-12-8-5-9-13-27/h14-21,26-27H,4-13,22H2,1-3H3. The fraction of sp³-hybridized carbons (Fsp3) is 0.567. The molecule has 0 aromatic heterocycles. The topological polar surface area (TPSA) is 29.5 Å². The van der Waals surface area contributed by atoms with E-state index in [1.165, 1.54) is 69.8 Å². The van der Waals surface area contributed by atoms with E-state index >= 15 is 0 Å². The van der Waals surface area contributed by atoms with Gasteiger partial charge >= 0.3 is 0 Å². The van der Waals surface area contributed by atoms with Crippen LogP contribution in [-0.4, -0.2) is 22.9 Å². The van der Waals surface area contributed by atoms with Crippen molar-refractivity contribution in [1.29, 1.82) is 0 Å². The molecule has 2 aromatic rings. The minimum absolute atomic E-state index is 0.143. The summed E-state index contributed by atoms with van der Waals surface area (Å²) >= 11 is 0. The molecule has 0 saturated heterocycles. The van der Waals surface area contributed by atoms with Crippen LogP contribution >= 0.6 is 0 Å². The summed E-state index contributed by atoms with van der Waals surface area (Å²) in [6.07, 6.45) is 12.3. The number of ether oxygens (including phenoxy) is 1. The molecule has 2 aliphatic rings. The maximum atomic E-state index is 13.6. The average molecular weight is 448 g/mol. The van der Waals surface area contributed by atoms with E-state index in [-0.39, 0.29) is 11.3 Å². The van der Waals surface area contributed by atoms with E-state index in [2.05, 4.69) is 49.9 Å². The van der Waals surface area contributed by atoms with Gasteiger partial charge in [-0.1, -0.05) is 83.6 Å². The Hall–Kier alpha value is -2.29. The molecule has 2 fully saturated rings. The molecule has 0 spiro atoms. The van der Waals surface area contributed by atoms with Gasteiger partial charge in [-0.2, -0.15) is 0 Å². The lowest BCUT2D eigenvalue weighted by atomic mass is 9.87. The molecule has 0 unspecified atom stereocenters. The van der Waals surface area contributed by atoms with Crippen LogP contribution < -0.4 is 4.74 Å². The van der Waals surface area contributed by atoms with Gasteiger partial charge in [0.15, 0.2) is 0 Å². The number of benzene rings is 2. The molecule has 0 aliphatic heterocycles. The Labute approximate surface area is 200 Å². The zero-order chi connectivity index (χ0) is 23.3. The van der Waals surface area contributed by atoms with Gasteiger partial charge in [0.25, 0.3) is 5.91 Å². The number of hydrogen-bond acceptors (Lipinski definition) is 2. The van der Waals surface area contributed by atoms with Crippen molar-refractivity contribution in [3.63, 3.8) is 0 Å². The SMILES string of the molecule is CC(C)(C)c1ccc(OCc2ccc(C(=O)N(C3CCCCC3)C3CCCCC3)cc2)cc1. The number of carbonyl (C=O) groups is 1. The summed E-state index contributed by atoms with van der Waals surface area (Å²) in [6, 6.07) is 17.3. The summed E-state index contributed by atoms with van der Waals surface area (Å²) < 4.78 is 6.00. The lowest BCUT2D eigenvalue weighted by molar-refractivity contribution is 0.0448. The van der Waals surface area contributed by atoms with Crippen LogP contribution in [0.3, 0.4) is 0 Å². The Bertz CT molecular complexity index is 864. The molecule has 0 bridgehead atoms. The number of carbonyl (C=O) groups excluding carboxylic acids is 1.